The number of carbonyl (C=O) groups excluding carboxylic acids is 2. The number of carbonyl (C=O) groups is 2. The molecule has 2 amide bonds. The molecule has 2 rings (SSSR count). The largest absolute Gasteiger partial charge is 0.450 e. The Balaban J connectivity index is 1.78. The lowest BCUT2D eigenvalue weighted by Gasteiger charge is -2.34. The first-order chi connectivity index (χ1) is 8.13. The summed E-state index contributed by atoms with van der Waals surface area (Å²) < 4.78 is 4.92. The first-order valence-corrected chi connectivity index (χ1v) is 6.09. The fourth-order valence-corrected chi connectivity index (χ4v) is 2.06. The Morgan fingerprint density at radius 2 is 1.76 bits per heavy atom. The minimum atomic E-state index is -0.289. The van der Waals surface area contributed by atoms with Crippen LogP contribution in [0.1, 0.15) is 13.3 Å². The van der Waals surface area contributed by atoms with Gasteiger partial charge in [0.25, 0.3) is 0 Å². The highest BCUT2D eigenvalue weighted by Crippen LogP contribution is 2.30. The van der Waals surface area contributed by atoms with Gasteiger partial charge in [0, 0.05) is 32.2 Å². The van der Waals surface area contributed by atoms with Gasteiger partial charge in [-0.2, -0.15) is 0 Å². The number of ether oxygens (including phenoxy) is 1. The number of amides is 2. The summed E-state index contributed by atoms with van der Waals surface area (Å²) in [7, 11) is 0. The van der Waals surface area contributed by atoms with Crippen molar-refractivity contribution >= 4 is 12.0 Å². The monoisotopic (exact) mass is 241 g/mol. The first kappa shape index (κ1) is 12.2. The Hall–Kier alpha value is -1.30. The molecule has 6 nitrogen and oxygen atoms in total. The minimum absolute atomic E-state index is 0.0177. The predicted molar refractivity (Wildman–Crippen MR) is 61.3 cm³/mol. The number of hydrogen-bond donors (Lipinski definition) is 1. The van der Waals surface area contributed by atoms with Crippen LogP contribution < -0.4 is 5.73 Å². The lowest BCUT2D eigenvalue weighted by atomic mass is 10.2. The van der Waals surface area contributed by atoms with Crippen LogP contribution in [-0.2, 0) is 9.53 Å². The topological polar surface area (TPSA) is 75.9 Å². The Morgan fingerprint density at radius 3 is 2.24 bits per heavy atom. The van der Waals surface area contributed by atoms with Crippen molar-refractivity contribution in [3.8, 4) is 0 Å². The van der Waals surface area contributed by atoms with E-state index in [0.29, 0.717) is 32.8 Å². The number of rotatable bonds is 2. The zero-order valence-corrected chi connectivity index (χ0v) is 10.1. The first-order valence-electron chi connectivity index (χ1n) is 6.09. The molecule has 1 heterocycles. The molecular weight excluding hydrogens is 222 g/mol. The van der Waals surface area contributed by atoms with Crippen molar-refractivity contribution in [2.45, 2.75) is 19.4 Å². The van der Waals surface area contributed by atoms with Crippen molar-refractivity contribution in [3.63, 3.8) is 0 Å². The van der Waals surface area contributed by atoms with E-state index in [1.54, 1.807) is 16.7 Å². The van der Waals surface area contributed by atoms with Crippen LogP contribution in [0, 0.1) is 5.92 Å². The lowest BCUT2D eigenvalue weighted by Crippen LogP contribution is -2.51. The molecule has 1 aliphatic heterocycles. The molecule has 0 bridgehead atoms. The molecule has 0 aromatic rings. The van der Waals surface area contributed by atoms with E-state index in [2.05, 4.69) is 0 Å². The Morgan fingerprint density at radius 1 is 1.24 bits per heavy atom. The van der Waals surface area contributed by atoms with Crippen LogP contribution in [-0.4, -0.2) is 60.6 Å². The predicted octanol–water partition coefficient (Wildman–Crippen LogP) is -0.366. The van der Waals surface area contributed by atoms with Crippen molar-refractivity contribution in [1.29, 1.82) is 0 Å². The van der Waals surface area contributed by atoms with E-state index in [9.17, 15) is 9.59 Å². The number of nitrogens with zero attached hydrogens (tertiary/aromatic N) is 2. The summed E-state index contributed by atoms with van der Waals surface area (Å²) in [4.78, 5) is 26.8. The molecule has 1 saturated carbocycles. The van der Waals surface area contributed by atoms with Crippen LogP contribution in [0.3, 0.4) is 0 Å². The van der Waals surface area contributed by atoms with Crippen molar-refractivity contribution in [2.75, 3.05) is 32.8 Å². The zero-order valence-electron chi connectivity index (χ0n) is 10.1. The van der Waals surface area contributed by atoms with Gasteiger partial charge in [-0.25, -0.2) is 4.79 Å². The molecule has 0 spiro atoms. The maximum Gasteiger partial charge on any atom is 0.409 e. The van der Waals surface area contributed by atoms with Crippen molar-refractivity contribution in [2.24, 2.45) is 11.7 Å². The second-order valence-electron chi connectivity index (χ2n) is 4.52. The molecule has 6 heteroatoms. The highest BCUT2D eigenvalue weighted by molar-refractivity contribution is 5.82. The summed E-state index contributed by atoms with van der Waals surface area (Å²) in [6, 6.07) is 0.0468. The Bertz CT molecular complexity index is 313. The highest BCUT2D eigenvalue weighted by atomic mass is 16.6. The molecule has 2 aliphatic rings. The highest BCUT2D eigenvalue weighted by Gasteiger charge is 2.43. The standard InChI is InChI=1S/C11H19N3O3/c1-2-17-11(16)14-5-3-13(4-6-14)10(15)8-7-9(8)12/h8-9H,2-7,12H2,1H3. The molecule has 2 N–H and O–H groups in total. The molecule has 96 valence electrons. The van der Waals surface area contributed by atoms with Crippen LogP contribution >= 0.6 is 0 Å². The van der Waals surface area contributed by atoms with Gasteiger partial charge >= 0.3 is 6.09 Å². The van der Waals surface area contributed by atoms with Gasteiger partial charge in [0.05, 0.1) is 12.5 Å². The van der Waals surface area contributed by atoms with Crippen LogP contribution in [0.5, 0.6) is 0 Å². The summed E-state index contributed by atoms with van der Waals surface area (Å²) in [5.41, 5.74) is 5.66. The summed E-state index contributed by atoms with van der Waals surface area (Å²) in [6.07, 6.45) is 0.513. The normalized spacial score (nSPS) is 27.9. The van der Waals surface area contributed by atoms with E-state index in [1.807, 2.05) is 0 Å². The number of piperazine rings is 1. The van der Waals surface area contributed by atoms with E-state index in [0.717, 1.165) is 6.42 Å². The van der Waals surface area contributed by atoms with Gasteiger partial charge in [-0.1, -0.05) is 0 Å². The van der Waals surface area contributed by atoms with Crippen LogP contribution in [0.25, 0.3) is 0 Å². The number of hydrogen-bond acceptors (Lipinski definition) is 4. The molecule has 2 fully saturated rings. The van der Waals surface area contributed by atoms with E-state index >= 15 is 0 Å². The summed E-state index contributed by atoms with van der Waals surface area (Å²) in [6.45, 7) is 4.43. The second-order valence-corrected chi connectivity index (χ2v) is 4.52. The molecule has 1 saturated heterocycles. The number of nitrogens with two attached hydrogens (primary N) is 1. The van der Waals surface area contributed by atoms with Gasteiger partial charge in [-0.15, -0.1) is 0 Å². The van der Waals surface area contributed by atoms with Gasteiger partial charge in [0.15, 0.2) is 0 Å². The van der Waals surface area contributed by atoms with E-state index in [1.165, 1.54) is 0 Å². The van der Waals surface area contributed by atoms with Crippen molar-refractivity contribution in [1.82, 2.24) is 9.80 Å². The van der Waals surface area contributed by atoms with Crippen LogP contribution in [0.4, 0.5) is 4.79 Å². The lowest BCUT2D eigenvalue weighted by molar-refractivity contribution is -0.134. The third-order valence-corrected chi connectivity index (χ3v) is 3.27. The molecule has 2 atom stereocenters. The van der Waals surface area contributed by atoms with Crippen molar-refractivity contribution < 1.29 is 14.3 Å². The zero-order chi connectivity index (χ0) is 12.4. The molecule has 0 aromatic carbocycles. The smallest absolute Gasteiger partial charge is 0.409 e. The fourth-order valence-electron chi connectivity index (χ4n) is 2.06. The summed E-state index contributed by atoms with van der Waals surface area (Å²) >= 11 is 0. The quantitative estimate of drug-likeness (QED) is 0.716. The van der Waals surface area contributed by atoms with E-state index in [4.69, 9.17) is 10.5 Å². The van der Waals surface area contributed by atoms with Gasteiger partial charge in [0.2, 0.25) is 5.91 Å². The Labute approximate surface area is 101 Å². The summed E-state index contributed by atoms with van der Waals surface area (Å²) in [5.74, 6) is 0.158. The summed E-state index contributed by atoms with van der Waals surface area (Å²) in [5, 5.41) is 0. The van der Waals surface area contributed by atoms with Gasteiger partial charge in [-0.05, 0) is 13.3 Å². The average Bonchev–Trinajstić information content (AvgIpc) is 3.06. The molecule has 17 heavy (non-hydrogen) atoms. The second kappa shape index (κ2) is 4.91. The molecule has 0 radical (unpaired) electrons. The van der Waals surface area contributed by atoms with E-state index in [-0.39, 0.29) is 24.0 Å². The van der Waals surface area contributed by atoms with Gasteiger partial charge < -0.3 is 20.3 Å². The van der Waals surface area contributed by atoms with Crippen molar-refractivity contribution in [3.05, 3.63) is 0 Å². The molecular formula is C11H19N3O3. The third kappa shape index (κ3) is 2.69. The third-order valence-electron chi connectivity index (χ3n) is 3.27. The minimum Gasteiger partial charge on any atom is -0.450 e. The maximum atomic E-state index is 11.9. The van der Waals surface area contributed by atoms with Gasteiger partial charge in [0.1, 0.15) is 0 Å². The fraction of sp³-hybridized carbons (Fsp3) is 0.818. The van der Waals surface area contributed by atoms with Crippen LogP contribution in [0.15, 0.2) is 0 Å². The van der Waals surface area contributed by atoms with E-state index < -0.39 is 0 Å². The molecule has 2 unspecified atom stereocenters. The molecule has 1 aliphatic carbocycles. The van der Waals surface area contributed by atoms with Crippen LogP contribution in [0.2, 0.25) is 0 Å². The average molecular weight is 241 g/mol. The van der Waals surface area contributed by atoms with Gasteiger partial charge in [-0.3, -0.25) is 4.79 Å². The molecule has 0 aromatic heterocycles. The Kier molecular flexibility index (Phi) is 3.51. The SMILES string of the molecule is CCOC(=O)N1CCN(C(=O)C2CC2N)CC1. The maximum absolute atomic E-state index is 11.9.